The summed E-state index contributed by atoms with van der Waals surface area (Å²) in [7, 11) is 0. The normalized spacial score (nSPS) is 21.2. The van der Waals surface area contributed by atoms with Gasteiger partial charge in [-0.15, -0.1) is 0 Å². The summed E-state index contributed by atoms with van der Waals surface area (Å²) in [5.41, 5.74) is 1.47. The number of morpholine rings is 1. The van der Waals surface area contributed by atoms with Crippen LogP contribution in [0.15, 0.2) is 16.8 Å². The van der Waals surface area contributed by atoms with Crippen molar-refractivity contribution in [1.29, 1.82) is 0 Å². The molecule has 0 aliphatic carbocycles. The fourth-order valence-corrected chi connectivity index (χ4v) is 2.54. The van der Waals surface area contributed by atoms with E-state index in [1.54, 1.807) is 0 Å². The average Bonchev–Trinajstić information content (AvgIpc) is 2.45. The van der Waals surface area contributed by atoms with Crippen LogP contribution < -0.4 is 0 Å². The predicted molar refractivity (Wildman–Crippen MR) is 79.8 cm³/mol. The molecule has 0 unspecified atom stereocenters. The number of hydrogen-bond donors (Lipinski definition) is 0. The highest BCUT2D eigenvalue weighted by molar-refractivity contribution is 5.60. The van der Waals surface area contributed by atoms with Crippen LogP contribution in [0.25, 0.3) is 0 Å². The monoisotopic (exact) mass is 265 g/mol. The number of ether oxygens (including phenoxy) is 1. The second kappa shape index (κ2) is 7.78. The third kappa shape index (κ3) is 5.05. The highest BCUT2D eigenvalue weighted by atomic mass is 16.5. The molecule has 1 saturated heterocycles. The van der Waals surface area contributed by atoms with Gasteiger partial charge in [0, 0.05) is 51.2 Å². The molecular weight excluding hydrogens is 238 g/mol. The molecule has 4 nitrogen and oxygen atoms in total. The second-order valence-corrected chi connectivity index (χ2v) is 5.68. The number of aliphatic imine (C=N–C) groups is 1. The van der Waals surface area contributed by atoms with E-state index in [1.807, 2.05) is 12.4 Å². The van der Waals surface area contributed by atoms with Gasteiger partial charge in [-0.2, -0.15) is 0 Å². The van der Waals surface area contributed by atoms with Crippen LogP contribution in [0.4, 0.5) is 0 Å². The Morgan fingerprint density at radius 3 is 2.79 bits per heavy atom. The van der Waals surface area contributed by atoms with Crippen molar-refractivity contribution >= 4 is 6.21 Å². The Morgan fingerprint density at radius 2 is 2.16 bits per heavy atom. The van der Waals surface area contributed by atoms with Gasteiger partial charge in [-0.1, -0.05) is 0 Å². The molecule has 19 heavy (non-hydrogen) atoms. The molecule has 0 atom stereocenters. The van der Waals surface area contributed by atoms with Crippen molar-refractivity contribution < 1.29 is 4.74 Å². The van der Waals surface area contributed by atoms with E-state index in [0.717, 1.165) is 52.4 Å². The van der Waals surface area contributed by atoms with Crippen molar-refractivity contribution in [3.8, 4) is 0 Å². The number of nitrogens with zero attached hydrogens (tertiary/aromatic N) is 3. The quantitative estimate of drug-likeness (QED) is 0.733. The van der Waals surface area contributed by atoms with Crippen molar-refractivity contribution in [2.75, 3.05) is 45.9 Å². The summed E-state index contributed by atoms with van der Waals surface area (Å²) in [6.07, 6.45) is 6.33. The van der Waals surface area contributed by atoms with Gasteiger partial charge in [0.2, 0.25) is 0 Å². The molecule has 0 aromatic rings. The summed E-state index contributed by atoms with van der Waals surface area (Å²) in [5.74, 6) is 0. The van der Waals surface area contributed by atoms with Crippen LogP contribution in [0.1, 0.15) is 26.7 Å². The van der Waals surface area contributed by atoms with Gasteiger partial charge in [0.15, 0.2) is 0 Å². The first-order chi connectivity index (χ1) is 9.25. The summed E-state index contributed by atoms with van der Waals surface area (Å²) in [4.78, 5) is 9.34. The third-order valence-electron chi connectivity index (χ3n) is 3.90. The van der Waals surface area contributed by atoms with Gasteiger partial charge < -0.3 is 4.74 Å². The lowest BCUT2D eigenvalue weighted by atomic mass is 10.1. The summed E-state index contributed by atoms with van der Waals surface area (Å²) >= 11 is 0. The zero-order chi connectivity index (χ0) is 13.5. The van der Waals surface area contributed by atoms with E-state index < -0.39 is 0 Å². The molecule has 0 radical (unpaired) electrons. The van der Waals surface area contributed by atoms with Crippen LogP contribution >= 0.6 is 0 Å². The predicted octanol–water partition coefficient (Wildman–Crippen LogP) is 1.78. The van der Waals surface area contributed by atoms with E-state index in [-0.39, 0.29) is 0 Å². The minimum Gasteiger partial charge on any atom is -0.379 e. The first-order valence-electron chi connectivity index (χ1n) is 7.49. The maximum atomic E-state index is 5.40. The van der Waals surface area contributed by atoms with Crippen LogP contribution in [0.5, 0.6) is 0 Å². The van der Waals surface area contributed by atoms with Gasteiger partial charge in [0.05, 0.1) is 13.2 Å². The molecule has 0 N–H and O–H groups in total. The Balaban J connectivity index is 1.78. The number of rotatable bonds is 6. The first-order valence-corrected chi connectivity index (χ1v) is 7.49. The van der Waals surface area contributed by atoms with Gasteiger partial charge in [-0.25, -0.2) is 0 Å². The summed E-state index contributed by atoms with van der Waals surface area (Å²) < 4.78 is 5.40. The topological polar surface area (TPSA) is 28.1 Å². The molecule has 2 heterocycles. The van der Waals surface area contributed by atoms with Crippen LogP contribution in [-0.4, -0.2) is 68.0 Å². The van der Waals surface area contributed by atoms with Gasteiger partial charge in [0.1, 0.15) is 0 Å². The summed E-state index contributed by atoms with van der Waals surface area (Å²) in [6.45, 7) is 11.9. The highest BCUT2D eigenvalue weighted by Gasteiger charge is 2.15. The third-order valence-corrected chi connectivity index (χ3v) is 3.90. The first kappa shape index (κ1) is 14.7. The SMILES string of the molecule is CC(C)N(CCN1CCOCC1)CC1=CN=CCC1. The van der Waals surface area contributed by atoms with Gasteiger partial charge in [-0.3, -0.25) is 14.8 Å². The van der Waals surface area contributed by atoms with Gasteiger partial charge in [0.25, 0.3) is 0 Å². The molecule has 0 aromatic carbocycles. The minimum atomic E-state index is 0.591. The molecule has 1 fully saturated rings. The molecule has 0 aromatic heterocycles. The largest absolute Gasteiger partial charge is 0.379 e. The zero-order valence-corrected chi connectivity index (χ0v) is 12.3. The van der Waals surface area contributed by atoms with Crippen molar-refractivity contribution in [2.24, 2.45) is 4.99 Å². The lowest BCUT2D eigenvalue weighted by Crippen LogP contribution is -2.43. The van der Waals surface area contributed by atoms with E-state index in [0.29, 0.717) is 6.04 Å². The highest BCUT2D eigenvalue weighted by Crippen LogP contribution is 2.13. The minimum absolute atomic E-state index is 0.591. The Labute approximate surface area is 117 Å². The fourth-order valence-electron chi connectivity index (χ4n) is 2.54. The summed E-state index contributed by atoms with van der Waals surface area (Å²) in [6, 6.07) is 0.591. The van der Waals surface area contributed by atoms with Crippen LogP contribution in [0.3, 0.4) is 0 Å². The molecule has 0 amide bonds. The van der Waals surface area contributed by atoms with Crippen LogP contribution in [0, 0.1) is 0 Å². The van der Waals surface area contributed by atoms with Crippen LogP contribution in [0.2, 0.25) is 0 Å². The molecule has 108 valence electrons. The Hall–Kier alpha value is -0.710. The summed E-state index contributed by atoms with van der Waals surface area (Å²) in [5, 5.41) is 0. The van der Waals surface area contributed by atoms with Crippen molar-refractivity contribution in [3.63, 3.8) is 0 Å². The van der Waals surface area contributed by atoms with E-state index in [4.69, 9.17) is 4.74 Å². The molecule has 0 bridgehead atoms. The maximum absolute atomic E-state index is 5.40. The standard InChI is InChI=1S/C15H27N3O/c1-14(2)18(13-15-4-3-5-16-12-15)7-6-17-8-10-19-11-9-17/h5,12,14H,3-4,6-11,13H2,1-2H3. The van der Waals surface area contributed by atoms with E-state index in [1.165, 1.54) is 12.0 Å². The molecular formula is C15H27N3O. The van der Waals surface area contributed by atoms with E-state index in [9.17, 15) is 0 Å². The zero-order valence-electron chi connectivity index (χ0n) is 12.3. The van der Waals surface area contributed by atoms with E-state index >= 15 is 0 Å². The fraction of sp³-hybridized carbons (Fsp3) is 0.800. The Morgan fingerprint density at radius 1 is 1.37 bits per heavy atom. The molecule has 4 heteroatoms. The molecule has 0 spiro atoms. The second-order valence-electron chi connectivity index (χ2n) is 5.68. The van der Waals surface area contributed by atoms with Crippen molar-refractivity contribution in [1.82, 2.24) is 9.80 Å². The smallest absolute Gasteiger partial charge is 0.0594 e. The Kier molecular flexibility index (Phi) is 6.01. The average molecular weight is 265 g/mol. The van der Waals surface area contributed by atoms with Gasteiger partial charge in [-0.05, 0) is 32.3 Å². The van der Waals surface area contributed by atoms with Gasteiger partial charge >= 0.3 is 0 Å². The molecule has 2 rings (SSSR count). The lowest BCUT2D eigenvalue weighted by Gasteiger charge is -2.32. The van der Waals surface area contributed by atoms with Crippen molar-refractivity contribution in [3.05, 3.63) is 11.8 Å². The maximum Gasteiger partial charge on any atom is 0.0594 e. The molecule has 2 aliphatic rings. The molecule has 2 aliphatic heterocycles. The van der Waals surface area contributed by atoms with Crippen LogP contribution in [-0.2, 0) is 4.74 Å². The Bertz CT molecular complexity index is 319. The lowest BCUT2D eigenvalue weighted by molar-refractivity contribution is 0.0322. The van der Waals surface area contributed by atoms with Crippen molar-refractivity contribution in [2.45, 2.75) is 32.7 Å². The molecule has 0 saturated carbocycles. The number of hydrogen-bond acceptors (Lipinski definition) is 4. The van der Waals surface area contributed by atoms with E-state index in [2.05, 4.69) is 28.6 Å².